The summed E-state index contributed by atoms with van der Waals surface area (Å²) < 4.78 is 35.0. The largest absolute Gasteiger partial charge is 0.497 e. The standard InChI is InChI=1S/C37H43N3O5S/c1-6-38-37(42)35(24-29-11-8-7-9-12-29)39(25-30-13-10-14-33(23-30)45-5)36(41)26-40(32-19-17-31(18-20-32)27(2)3)46(43,44)34-21-15-28(4)16-22-34/h7-23,27,35H,6,24-26H2,1-5H3,(H,38,42)/t35-/m0/s1. The van der Waals surface area contributed by atoms with E-state index in [-0.39, 0.29) is 29.7 Å². The van der Waals surface area contributed by atoms with E-state index in [2.05, 4.69) is 19.2 Å². The lowest BCUT2D eigenvalue weighted by Crippen LogP contribution is -2.53. The summed E-state index contributed by atoms with van der Waals surface area (Å²) in [5.74, 6) is 0.0128. The van der Waals surface area contributed by atoms with Crippen molar-refractivity contribution in [2.24, 2.45) is 0 Å². The van der Waals surface area contributed by atoms with Crippen LogP contribution in [-0.4, -0.2) is 51.4 Å². The minimum absolute atomic E-state index is 0.0649. The lowest BCUT2D eigenvalue weighted by Gasteiger charge is -2.34. The van der Waals surface area contributed by atoms with Gasteiger partial charge in [-0.1, -0.05) is 86.1 Å². The number of likely N-dealkylation sites (N-methyl/N-ethyl adjacent to an activating group) is 1. The van der Waals surface area contributed by atoms with Gasteiger partial charge in [0.05, 0.1) is 17.7 Å². The molecule has 1 atom stereocenters. The van der Waals surface area contributed by atoms with E-state index in [9.17, 15) is 18.0 Å². The van der Waals surface area contributed by atoms with Crippen molar-refractivity contribution < 1.29 is 22.7 Å². The van der Waals surface area contributed by atoms with Crippen LogP contribution >= 0.6 is 0 Å². The fraction of sp³-hybridized carbons (Fsp3) is 0.297. The number of anilines is 1. The average molecular weight is 642 g/mol. The fourth-order valence-corrected chi connectivity index (χ4v) is 6.62. The molecule has 2 amide bonds. The van der Waals surface area contributed by atoms with Gasteiger partial charge in [-0.2, -0.15) is 0 Å². The molecule has 0 saturated carbocycles. The smallest absolute Gasteiger partial charge is 0.264 e. The molecule has 8 nitrogen and oxygen atoms in total. The topological polar surface area (TPSA) is 96.0 Å². The van der Waals surface area contributed by atoms with Gasteiger partial charge in [-0.15, -0.1) is 0 Å². The van der Waals surface area contributed by atoms with E-state index >= 15 is 0 Å². The Morgan fingerprint density at radius 1 is 0.848 bits per heavy atom. The summed E-state index contributed by atoms with van der Waals surface area (Å²) in [5.41, 5.74) is 3.93. The molecule has 0 saturated heterocycles. The Balaban J connectivity index is 1.81. The second kappa shape index (κ2) is 15.6. The summed E-state index contributed by atoms with van der Waals surface area (Å²) in [7, 11) is -2.60. The summed E-state index contributed by atoms with van der Waals surface area (Å²) in [6, 6.07) is 29.6. The molecular formula is C37H43N3O5S. The lowest BCUT2D eigenvalue weighted by atomic mass is 10.0. The highest BCUT2D eigenvalue weighted by molar-refractivity contribution is 7.92. The molecule has 0 heterocycles. The van der Waals surface area contributed by atoms with Gasteiger partial charge in [0.1, 0.15) is 18.3 Å². The first-order valence-corrected chi connectivity index (χ1v) is 16.9. The molecule has 0 aliphatic heterocycles. The van der Waals surface area contributed by atoms with Gasteiger partial charge in [0.15, 0.2) is 0 Å². The van der Waals surface area contributed by atoms with Crippen molar-refractivity contribution in [2.75, 3.05) is 24.5 Å². The van der Waals surface area contributed by atoms with Crippen molar-refractivity contribution >= 4 is 27.5 Å². The van der Waals surface area contributed by atoms with Crippen LogP contribution in [0.1, 0.15) is 48.9 Å². The van der Waals surface area contributed by atoms with Crippen LogP contribution < -0.4 is 14.4 Å². The van der Waals surface area contributed by atoms with E-state index in [1.165, 1.54) is 4.90 Å². The van der Waals surface area contributed by atoms with Gasteiger partial charge in [-0.25, -0.2) is 8.42 Å². The first-order valence-electron chi connectivity index (χ1n) is 15.5. The van der Waals surface area contributed by atoms with Gasteiger partial charge in [-0.05, 0) is 72.9 Å². The number of benzene rings is 4. The molecule has 9 heteroatoms. The third-order valence-electron chi connectivity index (χ3n) is 7.84. The van der Waals surface area contributed by atoms with Gasteiger partial charge < -0.3 is 15.0 Å². The monoisotopic (exact) mass is 641 g/mol. The van der Waals surface area contributed by atoms with E-state index in [1.54, 1.807) is 49.6 Å². The molecule has 0 aliphatic carbocycles. The number of rotatable bonds is 14. The van der Waals surface area contributed by atoms with Crippen molar-refractivity contribution in [1.29, 1.82) is 0 Å². The molecule has 1 N–H and O–H groups in total. The summed E-state index contributed by atoms with van der Waals surface area (Å²) in [6.07, 6.45) is 0.246. The normalized spacial score (nSPS) is 12.0. The zero-order valence-corrected chi connectivity index (χ0v) is 28.0. The lowest BCUT2D eigenvalue weighted by molar-refractivity contribution is -0.140. The predicted octanol–water partition coefficient (Wildman–Crippen LogP) is 6.10. The van der Waals surface area contributed by atoms with Crippen LogP contribution in [0.4, 0.5) is 5.69 Å². The van der Waals surface area contributed by atoms with Gasteiger partial charge >= 0.3 is 0 Å². The maximum atomic E-state index is 14.5. The Hall–Kier alpha value is -4.63. The van der Waals surface area contributed by atoms with Crippen LogP contribution in [0.3, 0.4) is 0 Å². The molecule has 0 bridgehead atoms. The highest BCUT2D eigenvalue weighted by Crippen LogP contribution is 2.27. The number of hydrogen-bond donors (Lipinski definition) is 1. The Labute approximate surface area is 273 Å². The zero-order chi connectivity index (χ0) is 33.3. The summed E-state index contributed by atoms with van der Waals surface area (Å²) >= 11 is 0. The van der Waals surface area contributed by atoms with Gasteiger partial charge in [0.2, 0.25) is 11.8 Å². The molecule has 4 aromatic rings. The first-order chi connectivity index (χ1) is 22.0. The van der Waals surface area contributed by atoms with Crippen molar-refractivity contribution in [1.82, 2.24) is 10.2 Å². The molecule has 0 unspecified atom stereocenters. The van der Waals surface area contributed by atoms with Crippen molar-refractivity contribution in [2.45, 2.75) is 57.5 Å². The highest BCUT2D eigenvalue weighted by Gasteiger charge is 2.34. The average Bonchev–Trinajstić information content (AvgIpc) is 3.06. The second-order valence-corrected chi connectivity index (χ2v) is 13.4. The van der Waals surface area contributed by atoms with Gasteiger partial charge in [0.25, 0.3) is 10.0 Å². The van der Waals surface area contributed by atoms with Crippen LogP contribution in [0.2, 0.25) is 0 Å². The van der Waals surface area contributed by atoms with Crippen molar-refractivity contribution in [3.63, 3.8) is 0 Å². The zero-order valence-electron chi connectivity index (χ0n) is 27.1. The minimum Gasteiger partial charge on any atom is -0.497 e. The number of amides is 2. The number of hydrogen-bond acceptors (Lipinski definition) is 5. The van der Waals surface area contributed by atoms with Crippen LogP contribution in [0.5, 0.6) is 5.75 Å². The molecule has 0 aromatic heterocycles. The van der Waals surface area contributed by atoms with Gasteiger partial charge in [0, 0.05) is 19.5 Å². The first kappa shape index (κ1) is 34.2. The maximum absolute atomic E-state index is 14.5. The number of sulfonamides is 1. The van der Waals surface area contributed by atoms with E-state index < -0.39 is 28.5 Å². The Bertz CT molecular complexity index is 1710. The molecule has 4 aromatic carbocycles. The van der Waals surface area contributed by atoms with E-state index in [0.29, 0.717) is 18.0 Å². The second-order valence-electron chi connectivity index (χ2n) is 11.5. The third kappa shape index (κ3) is 8.54. The Kier molecular flexibility index (Phi) is 11.6. The van der Waals surface area contributed by atoms with Crippen LogP contribution in [0.25, 0.3) is 0 Å². The summed E-state index contributed by atoms with van der Waals surface area (Å²) in [4.78, 5) is 29.7. The van der Waals surface area contributed by atoms with Crippen LogP contribution in [-0.2, 0) is 32.6 Å². The Morgan fingerprint density at radius 2 is 1.50 bits per heavy atom. The molecular weight excluding hydrogens is 598 g/mol. The van der Waals surface area contributed by atoms with E-state index in [1.807, 2.05) is 74.5 Å². The van der Waals surface area contributed by atoms with E-state index in [0.717, 1.165) is 26.6 Å². The fourth-order valence-electron chi connectivity index (χ4n) is 5.21. The number of methoxy groups -OCH3 is 1. The number of ether oxygens (including phenoxy) is 1. The molecule has 0 aliphatic rings. The van der Waals surface area contributed by atoms with Crippen LogP contribution in [0.15, 0.2) is 108 Å². The molecule has 242 valence electrons. The van der Waals surface area contributed by atoms with Crippen molar-refractivity contribution in [3.05, 3.63) is 125 Å². The SMILES string of the molecule is CCNC(=O)[C@H](Cc1ccccc1)N(Cc1cccc(OC)c1)C(=O)CN(c1ccc(C(C)C)cc1)S(=O)(=O)c1ccc(C)cc1. The summed E-state index contributed by atoms with van der Waals surface area (Å²) in [6.45, 7) is 7.76. The van der Waals surface area contributed by atoms with E-state index in [4.69, 9.17) is 4.74 Å². The molecule has 0 fully saturated rings. The Morgan fingerprint density at radius 3 is 2.11 bits per heavy atom. The van der Waals surface area contributed by atoms with Gasteiger partial charge in [-0.3, -0.25) is 13.9 Å². The third-order valence-corrected chi connectivity index (χ3v) is 9.63. The minimum atomic E-state index is -4.17. The number of nitrogens with zero attached hydrogens (tertiary/aromatic N) is 2. The molecule has 0 spiro atoms. The van der Waals surface area contributed by atoms with Crippen molar-refractivity contribution in [3.8, 4) is 5.75 Å². The number of nitrogens with one attached hydrogen (secondary N) is 1. The molecule has 4 rings (SSSR count). The molecule has 46 heavy (non-hydrogen) atoms. The molecule has 0 radical (unpaired) electrons. The highest BCUT2D eigenvalue weighted by atomic mass is 32.2. The summed E-state index contributed by atoms with van der Waals surface area (Å²) in [5, 5.41) is 2.88. The maximum Gasteiger partial charge on any atom is 0.264 e. The number of carbonyl (C=O) groups is 2. The quantitative estimate of drug-likeness (QED) is 0.180. The number of carbonyl (C=O) groups excluding carboxylic acids is 2. The number of aryl methyl sites for hydroxylation is 1. The predicted molar refractivity (Wildman–Crippen MR) is 182 cm³/mol. The van der Waals surface area contributed by atoms with Crippen LogP contribution in [0, 0.1) is 6.92 Å².